The molecule has 2 atom stereocenters. The molecule has 1 aromatic rings. The van der Waals surface area contributed by atoms with Crippen molar-refractivity contribution in [3.63, 3.8) is 0 Å². The highest BCUT2D eigenvalue weighted by atomic mass is 16.3. The van der Waals surface area contributed by atoms with E-state index in [4.69, 9.17) is 5.73 Å². The first kappa shape index (κ1) is 12.0. The minimum Gasteiger partial charge on any atom is -0.391 e. The fourth-order valence-corrected chi connectivity index (χ4v) is 2.81. The lowest BCUT2D eigenvalue weighted by Crippen LogP contribution is -2.28. The molecular formula is C15H22N2O. The summed E-state index contributed by atoms with van der Waals surface area (Å²) in [5, 5.41) is 10.1. The Morgan fingerprint density at radius 2 is 1.72 bits per heavy atom. The molecule has 0 aromatic heterocycles. The molecule has 1 aliphatic heterocycles. The molecule has 3 N–H and O–H groups in total. The Bertz CT molecular complexity index is 393. The minimum absolute atomic E-state index is 0.231. The Kier molecular flexibility index (Phi) is 3.27. The van der Waals surface area contributed by atoms with Crippen molar-refractivity contribution in [1.82, 2.24) is 0 Å². The van der Waals surface area contributed by atoms with Gasteiger partial charge in [-0.1, -0.05) is 12.1 Å². The van der Waals surface area contributed by atoms with Crippen molar-refractivity contribution in [1.29, 1.82) is 0 Å². The van der Waals surface area contributed by atoms with Crippen LogP contribution in [0.1, 0.15) is 37.3 Å². The minimum atomic E-state index is -0.373. The molecule has 2 fully saturated rings. The van der Waals surface area contributed by atoms with Crippen LogP contribution in [0.2, 0.25) is 0 Å². The van der Waals surface area contributed by atoms with Crippen LogP contribution in [0.25, 0.3) is 0 Å². The molecule has 3 nitrogen and oxygen atoms in total. The predicted octanol–water partition coefficient (Wildman–Crippen LogP) is 2.06. The Labute approximate surface area is 109 Å². The van der Waals surface area contributed by atoms with E-state index in [2.05, 4.69) is 29.2 Å². The van der Waals surface area contributed by atoms with E-state index in [-0.39, 0.29) is 12.1 Å². The molecule has 3 rings (SSSR count). The summed E-state index contributed by atoms with van der Waals surface area (Å²) >= 11 is 0. The molecule has 0 amide bonds. The Morgan fingerprint density at radius 3 is 2.28 bits per heavy atom. The summed E-state index contributed by atoms with van der Waals surface area (Å²) in [4.78, 5) is 2.41. The van der Waals surface area contributed by atoms with Crippen molar-refractivity contribution in [2.45, 2.75) is 37.8 Å². The predicted molar refractivity (Wildman–Crippen MR) is 73.5 cm³/mol. The van der Waals surface area contributed by atoms with Crippen molar-refractivity contribution in [2.75, 3.05) is 18.0 Å². The number of hydrogen-bond donors (Lipinski definition) is 2. The van der Waals surface area contributed by atoms with E-state index in [0.29, 0.717) is 5.92 Å². The van der Waals surface area contributed by atoms with Crippen molar-refractivity contribution < 1.29 is 5.11 Å². The lowest BCUT2D eigenvalue weighted by Gasteiger charge is -2.21. The van der Waals surface area contributed by atoms with Crippen LogP contribution < -0.4 is 10.6 Å². The number of hydrogen-bond acceptors (Lipinski definition) is 3. The van der Waals surface area contributed by atoms with Crippen molar-refractivity contribution in [3.8, 4) is 0 Å². The highest BCUT2D eigenvalue weighted by Crippen LogP contribution is 2.37. The lowest BCUT2D eigenvalue weighted by atomic mass is 9.99. The molecule has 98 valence electrons. The van der Waals surface area contributed by atoms with Gasteiger partial charge in [0.05, 0.1) is 12.1 Å². The van der Waals surface area contributed by atoms with Gasteiger partial charge in [0.15, 0.2) is 0 Å². The van der Waals surface area contributed by atoms with Gasteiger partial charge in [0, 0.05) is 18.8 Å². The average Bonchev–Trinajstić information content (AvgIpc) is 3.12. The third kappa shape index (κ3) is 2.38. The molecule has 1 heterocycles. The van der Waals surface area contributed by atoms with Gasteiger partial charge in [-0.2, -0.15) is 0 Å². The Balaban J connectivity index is 1.69. The summed E-state index contributed by atoms with van der Waals surface area (Å²) in [7, 11) is 0. The zero-order valence-electron chi connectivity index (χ0n) is 10.8. The third-order valence-electron chi connectivity index (χ3n) is 4.22. The van der Waals surface area contributed by atoms with Gasteiger partial charge in [0.2, 0.25) is 0 Å². The second-order valence-corrected chi connectivity index (χ2v) is 5.64. The van der Waals surface area contributed by atoms with Gasteiger partial charge in [-0.15, -0.1) is 0 Å². The van der Waals surface area contributed by atoms with Crippen molar-refractivity contribution in [3.05, 3.63) is 29.8 Å². The molecule has 3 heteroatoms. The average molecular weight is 246 g/mol. The molecule has 1 saturated heterocycles. The second kappa shape index (κ2) is 4.90. The van der Waals surface area contributed by atoms with Crippen LogP contribution in [0.4, 0.5) is 5.69 Å². The van der Waals surface area contributed by atoms with E-state index in [1.165, 1.54) is 18.5 Å². The molecule has 1 aliphatic carbocycles. The van der Waals surface area contributed by atoms with Gasteiger partial charge < -0.3 is 15.7 Å². The van der Waals surface area contributed by atoms with E-state index < -0.39 is 0 Å². The number of aliphatic hydroxyl groups excluding tert-OH is 1. The summed E-state index contributed by atoms with van der Waals surface area (Å²) in [6.45, 7) is 2.33. The van der Waals surface area contributed by atoms with Gasteiger partial charge in [-0.25, -0.2) is 0 Å². The summed E-state index contributed by atoms with van der Waals surface area (Å²) in [6.07, 6.45) is 4.47. The van der Waals surface area contributed by atoms with Gasteiger partial charge in [-0.3, -0.25) is 0 Å². The number of nitrogens with zero attached hydrogens (tertiary/aromatic N) is 1. The molecule has 1 saturated carbocycles. The quantitative estimate of drug-likeness (QED) is 0.855. The fourth-order valence-electron chi connectivity index (χ4n) is 2.81. The highest BCUT2D eigenvalue weighted by molar-refractivity contribution is 5.48. The molecule has 0 radical (unpaired) electrons. The number of aliphatic hydroxyl groups is 1. The van der Waals surface area contributed by atoms with Gasteiger partial charge in [-0.05, 0) is 49.3 Å². The molecular weight excluding hydrogens is 224 g/mol. The fraction of sp³-hybridized carbons (Fsp3) is 0.600. The van der Waals surface area contributed by atoms with Crippen molar-refractivity contribution in [2.24, 2.45) is 11.7 Å². The Hall–Kier alpha value is -1.06. The van der Waals surface area contributed by atoms with Crippen molar-refractivity contribution >= 4 is 5.69 Å². The van der Waals surface area contributed by atoms with Crippen LogP contribution >= 0.6 is 0 Å². The molecule has 1 aromatic carbocycles. The first-order chi connectivity index (χ1) is 8.75. The van der Waals surface area contributed by atoms with Crippen LogP contribution in [0, 0.1) is 5.92 Å². The standard InChI is InChI=1S/C15H22N2O/c16-14(15(18)12-3-4-12)11-5-7-13(8-6-11)17-9-1-2-10-17/h5-8,12,14-15,18H,1-4,9-10,16H2/t14-,15+/m0/s1. The van der Waals surface area contributed by atoms with Crippen LogP contribution in [-0.4, -0.2) is 24.3 Å². The monoisotopic (exact) mass is 246 g/mol. The van der Waals surface area contributed by atoms with E-state index in [1.807, 2.05) is 0 Å². The summed E-state index contributed by atoms with van der Waals surface area (Å²) in [5.41, 5.74) is 8.45. The number of nitrogens with two attached hydrogens (primary N) is 1. The van der Waals surface area contributed by atoms with Crippen LogP contribution in [0.3, 0.4) is 0 Å². The smallest absolute Gasteiger partial charge is 0.0760 e. The summed E-state index contributed by atoms with van der Waals surface area (Å²) < 4.78 is 0. The molecule has 18 heavy (non-hydrogen) atoms. The summed E-state index contributed by atoms with van der Waals surface area (Å²) in [5.74, 6) is 0.429. The lowest BCUT2D eigenvalue weighted by molar-refractivity contribution is 0.122. The van der Waals surface area contributed by atoms with Crippen LogP contribution in [-0.2, 0) is 0 Å². The third-order valence-corrected chi connectivity index (χ3v) is 4.22. The number of rotatable bonds is 4. The van der Waals surface area contributed by atoms with Crippen LogP contribution in [0.15, 0.2) is 24.3 Å². The molecule has 0 bridgehead atoms. The number of anilines is 1. The normalized spacial score (nSPS) is 23.1. The van der Waals surface area contributed by atoms with Gasteiger partial charge in [0.1, 0.15) is 0 Å². The zero-order chi connectivity index (χ0) is 12.5. The SMILES string of the molecule is N[C@@H](c1ccc(N2CCCC2)cc1)[C@H](O)C1CC1. The largest absolute Gasteiger partial charge is 0.391 e. The molecule has 0 spiro atoms. The maximum atomic E-state index is 10.1. The van der Waals surface area contributed by atoms with E-state index in [0.717, 1.165) is 31.5 Å². The van der Waals surface area contributed by atoms with E-state index in [1.54, 1.807) is 0 Å². The van der Waals surface area contributed by atoms with E-state index >= 15 is 0 Å². The number of benzene rings is 1. The topological polar surface area (TPSA) is 49.5 Å². The first-order valence-corrected chi connectivity index (χ1v) is 7.04. The highest BCUT2D eigenvalue weighted by Gasteiger charge is 2.34. The van der Waals surface area contributed by atoms with Gasteiger partial charge in [0.25, 0.3) is 0 Å². The van der Waals surface area contributed by atoms with Crippen LogP contribution in [0.5, 0.6) is 0 Å². The molecule has 0 unspecified atom stereocenters. The first-order valence-electron chi connectivity index (χ1n) is 7.04. The maximum Gasteiger partial charge on any atom is 0.0760 e. The zero-order valence-corrected chi connectivity index (χ0v) is 10.8. The Morgan fingerprint density at radius 1 is 1.11 bits per heavy atom. The maximum absolute atomic E-state index is 10.1. The second-order valence-electron chi connectivity index (χ2n) is 5.64. The molecule has 2 aliphatic rings. The summed E-state index contributed by atoms with van der Waals surface area (Å²) in [6, 6.07) is 8.19. The van der Waals surface area contributed by atoms with E-state index in [9.17, 15) is 5.11 Å². The van der Waals surface area contributed by atoms with Gasteiger partial charge >= 0.3 is 0 Å².